The van der Waals surface area contributed by atoms with E-state index in [0.29, 0.717) is 22.9 Å². The number of rotatable bonds is 5. The molecule has 4 nitrogen and oxygen atoms in total. The fraction of sp³-hybridized carbons (Fsp3) is 0.333. The predicted octanol–water partition coefficient (Wildman–Crippen LogP) is 4.00. The van der Waals surface area contributed by atoms with Gasteiger partial charge in [-0.1, -0.05) is 24.4 Å². The van der Waals surface area contributed by atoms with Crippen LogP contribution >= 0.6 is 12.2 Å². The molecule has 3 rings (SSSR count). The van der Waals surface area contributed by atoms with Crippen molar-refractivity contribution in [1.29, 1.82) is 0 Å². The van der Waals surface area contributed by atoms with Crippen molar-refractivity contribution in [2.75, 3.05) is 0 Å². The van der Waals surface area contributed by atoms with Gasteiger partial charge in [-0.05, 0) is 55.5 Å². The van der Waals surface area contributed by atoms with Gasteiger partial charge in [0.05, 0.1) is 11.7 Å². The molecule has 0 spiro atoms. The summed E-state index contributed by atoms with van der Waals surface area (Å²) in [4.78, 5) is 15.0. The van der Waals surface area contributed by atoms with Crippen LogP contribution < -0.4 is 10.1 Å². The molecule has 0 unspecified atom stereocenters. The molecule has 0 saturated heterocycles. The Kier molecular flexibility index (Phi) is 5.08. The first-order valence-corrected chi connectivity index (χ1v) is 8.35. The number of nitrogens with one attached hydrogen (secondary N) is 2. The van der Waals surface area contributed by atoms with E-state index >= 15 is 0 Å². The van der Waals surface area contributed by atoms with Gasteiger partial charge in [0.1, 0.15) is 10.4 Å². The van der Waals surface area contributed by atoms with Crippen molar-refractivity contribution in [3.8, 4) is 5.75 Å². The highest BCUT2D eigenvalue weighted by atomic mass is 32.1. The molecule has 1 aliphatic carbocycles. The monoisotopic (exact) mass is 328 g/mol. The van der Waals surface area contributed by atoms with Crippen LogP contribution in [-0.2, 0) is 6.54 Å². The first-order chi connectivity index (χ1) is 11.2. The van der Waals surface area contributed by atoms with Gasteiger partial charge in [-0.2, -0.15) is 0 Å². The van der Waals surface area contributed by atoms with Gasteiger partial charge >= 0.3 is 0 Å². The van der Waals surface area contributed by atoms with Crippen LogP contribution in [0.2, 0.25) is 0 Å². The van der Waals surface area contributed by atoms with Crippen LogP contribution in [0.5, 0.6) is 5.75 Å². The Hall–Kier alpha value is -2.14. The first kappa shape index (κ1) is 15.7. The molecule has 2 N–H and O–H groups in total. The highest BCUT2D eigenvalue weighted by molar-refractivity contribution is 7.71. The minimum Gasteiger partial charge on any atom is -0.490 e. The largest absolute Gasteiger partial charge is 0.490 e. The summed E-state index contributed by atoms with van der Waals surface area (Å²) < 4.78 is 6.39. The van der Waals surface area contributed by atoms with Crippen LogP contribution in [0.3, 0.4) is 0 Å². The number of pyridine rings is 1. The van der Waals surface area contributed by atoms with Gasteiger partial charge in [-0.25, -0.2) is 0 Å². The van der Waals surface area contributed by atoms with Crippen LogP contribution in [0.15, 0.2) is 42.6 Å². The summed E-state index contributed by atoms with van der Waals surface area (Å²) in [5.41, 5.74) is 1.52. The number of carbonyl (C=O) groups excluding carboxylic acids is 1. The number of ether oxygens (including phenoxy) is 1. The maximum atomic E-state index is 12.1. The topological polar surface area (TPSA) is 54.1 Å². The minimum atomic E-state index is -0.168. The molecular formula is C18H20N2O2S. The molecule has 0 radical (unpaired) electrons. The van der Waals surface area contributed by atoms with Gasteiger partial charge < -0.3 is 15.0 Å². The molecule has 5 heteroatoms. The van der Waals surface area contributed by atoms with Gasteiger partial charge in [-0.3, -0.25) is 4.79 Å². The van der Waals surface area contributed by atoms with E-state index in [1.165, 1.54) is 12.8 Å². The van der Waals surface area contributed by atoms with Gasteiger partial charge in [0.15, 0.2) is 0 Å². The summed E-state index contributed by atoms with van der Waals surface area (Å²) in [6.45, 7) is 0.464. The standard InChI is InChI=1S/C18H20N2O2S/c21-17(16-6-3-11-19-18(16)23)20-12-13-7-9-15(10-8-13)22-14-4-1-2-5-14/h3,6-11,14H,1-2,4-5,12H2,(H,19,23)(H,20,21). The Morgan fingerprint density at radius 2 is 1.96 bits per heavy atom. The molecule has 1 saturated carbocycles. The van der Waals surface area contributed by atoms with Crippen LogP contribution in [0.1, 0.15) is 41.6 Å². The summed E-state index contributed by atoms with van der Waals surface area (Å²) in [5, 5.41) is 2.88. The Balaban J connectivity index is 1.55. The molecular weight excluding hydrogens is 308 g/mol. The van der Waals surface area contributed by atoms with Crippen molar-refractivity contribution >= 4 is 18.1 Å². The zero-order valence-electron chi connectivity index (χ0n) is 12.9. The molecule has 1 aliphatic rings. The van der Waals surface area contributed by atoms with Crippen LogP contribution in [-0.4, -0.2) is 17.0 Å². The van der Waals surface area contributed by atoms with E-state index in [2.05, 4.69) is 10.3 Å². The number of hydrogen-bond acceptors (Lipinski definition) is 3. The lowest BCUT2D eigenvalue weighted by molar-refractivity contribution is 0.0950. The first-order valence-electron chi connectivity index (χ1n) is 7.94. The third-order valence-corrected chi connectivity index (χ3v) is 4.38. The molecule has 1 fully saturated rings. The van der Waals surface area contributed by atoms with Crippen LogP contribution in [0.4, 0.5) is 0 Å². The maximum Gasteiger partial charge on any atom is 0.254 e. The van der Waals surface area contributed by atoms with Crippen molar-refractivity contribution in [2.24, 2.45) is 0 Å². The van der Waals surface area contributed by atoms with Gasteiger partial charge in [0, 0.05) is 12.7 Å². The number of H-pyrrole nitrogens is 1. The van der Waals surface area contributed by atoms with E-state index in [-0.39, 0.29) is 5.91 Å². The lowest BCUT2D eigenvalue weighted by Gasteiger charge is -2.13. The van der Waals surface area contributed by atoms with E-state index in [0.717, 1.165) is 24.2 Å². The normalized spacial score (nSPS) is 14.6. The van der Waals surface area contributed by atoms with Crippen molar-refractivity contribution in [2.45, 2.75) is 38.3 Å². The SMILES string of the molecule is O=C(NCc1ccc(OC2CCCC2)cc1)c1ccc[nH]c1=S. The van der Waals surface area contributed by atoms with E-state index < -0.39 is 0 Å². The minimum absolute atomic E-state index is 0.168. The quantitative estimate of drug-likeness (QED) is 0.816. The van der Waals surface area contributed by atoms with Crippen molar-refractivity contribution in [3.63, 3.8) is 0 Å². The van der Waals surface area contributed by atoms with Gasteiger partial charge in [0.25, 0.3) is 5.91 Å². The van der Waals surface area contributed by atoms with Crippen LogP contribution in [0, 0.1) is 4.64 Å². The number of carbonyl (C=O) groups is 1. The third-order valence-electron chi connectivity index (χ3n) is 4.04. The number of amides is 1. The molecule has 0 atom stereocenters. The highest BCUT2D eigenvalue weighted by Gasteiger charge is 2.16. The predicted molar refractivity (Wildman–Crippen MR) is 92.1 cm³/mol. The second kappa shape index (κ2) is 7.42. The summed E-state index contributed by atoms with van der Waals surface area (Å²) in [6.07, 6.45) is 6.89. The number of hydrogen-bond donors (Lipinski definition) is 2. The van der Waals surface area contributed by atoms with Gasteiger partial charge in [0.2, 0.25) is 0 Å². The van der Waals surface area contributed by atoms with E-state index in [9.17, 15) is 4.79 Å². The lowest BCUT2D eigenvalue weighted by atomic mass is 10.2. The highest BCUT2D eigenvalue weighted by Crippen LogP contribution is 2.24. The van der Waals surface area contributed by atoms with Crippen molar-refractivity contribution in [1.82, 2.24) is 10.3 Å². The second-order valence-corrected chi connectivity index (χ2v) is 6.17. The average molecular weight is 328 g/mol. The fourth-order valence-corrected chi connectivity index (χ4v) is 2.99. The number of aromatic nitrogens is 1. The molecule has 120 valence electrons. The van der Waals surface area contributed by atoms with E-state index in [1.54, 1.807) is 18.3 Å². The third kappa shape index (κ3) is 4.20. The molecule has 1 amide bonds. The fourth-order valence-electron chi connectivity index (χ4n) is 2.76. The summed E-state index contributed by atoms with van der Waals surface area (Å²) in [7, 11) is 0. The summed E-state index contributed by atoms with van der Waals surface area (Å²) in [5.74, 6) is 0.732. The molecule has 2 aromatic rings. The molecule has 1 heterocycles. The molecule has 23 heavy (non-hydrogen) atoms. The summed E-state index contributed by atoms with van der Waals surface area (Å²) >= 11 is 5.11. The van der Waals surface area contributed by atoms with Crippen molar-refractivity contribution in [3.05, 3.63) is 58.4 Å². The Morgan fingerprint density at radius 3 is 2.65 bits per heavy atom. The number of benzene rings is 1. The van der Waals surface area contributed by atoms with Crippen LogP contribution in [0.25, 0.3) is 0 Å². The van der Waals surface area contributed by atoms with E-state index in [1.807, 2.05) is 24.3 Å². The average Bonchev–Trinajstić information content (AvgIpc) is 3.07. The lowest BCUT2D eigenvalue weighted by Crippen LogP contribution is -2.23. The van der Waals surface area contributed by atoms with Gasteiger partial charge in [-0.15, -0.1) is 0 Å². The smallest absolute Gasteiger partial charge is 0.254 e. The zero-order chi connectivity index (χ0) is 16.1. The Morgan fingerprint density at radius 1 is 1.22 bits per heavy atom. The summed E-state index contributed by atoms with van der Waals surface area (Å²) in [6, 6.07) is 11.4. The molecule has 1 aromatic heterocycles. The Bertz CT molecular complexity index is 718. The number of aromatic amines is 1. The van der Waals surface area contributed by atoms with E-state index in [4.69, 9.17) is 17.0 Å². The molecule has 0 bridgehead atoms. The zero-order valence-corrected chi connectivity index (χ0v) is 13.7. The Labute approximate surface area is 140 Å². The second-order valence-electron chi connectivity index (χ2n) is 5.76. The molecule has 0 aliphatic heterocycles. The maximum absolute atomic E-state index is 12.1. The van der Waals surface area contributed by atoms with Crippen molar-refractivity contribution < 1.29 is 9.53 Å². The molecule has 1 aromatic carbocycles.